The highest BCUT2D eigenvalue weighted by molar-refractivity contribution is 14.0. The molecule has 0 amide bonds. The van der Waals surface area contributed by atoms with Crippen LogP contribution in [0.25, 0.3) is 0 Å². The van der Waals surface area contributed by atoms with Gasteiger partial charge in [-0.05, 0) is 25.5 Å². The number of guanidine groups is 1. The van der Waals surface area contributed by atoms with Crippen molar-refractivity contribution in [2.24, 2.45) is 4.99 Å². The van der Waals surface area contributed by atoms with Crippen LogP contribution in [0.3, 0.4) is 0 Å². The van der Waals surface area contributed by atoms with E-state index in [9.17, 15) is 0 Å². The van der Waals surface area contributed by atoms with Crippen molar-refractivity contribution in [3.8, 4) is 5.75 Å². The second kappa shape index (κ2) is 14.7. The van der Waals surface area contributed by atoms with Gasteiger partial charge in [-0.2, -0.15) is 0 Å². The first-order valence-electron chi connectivity index (χ1n) is 9.77. The molecule has 2 rings (SSSR count). The van der Waals surface area contributed by atoms with Crippen LogP contribution < -0.4 is 15.0 Å². The van der Waals surface area contributed by atoms with Gasteiger partial charge in [0.2, 0.25) is 0 Å². The van der Waals surface area contributed by atoms with E-state index in [0.29, 0.717) is 13.2 Å². The molecule has 1 N–H and O–H groups in total. The van der Waals surface area contributed by atoms with E-state index in [4.69, 9.17) is 19.2 Å². The predicted octanol–water partition coefficient (Wildman–Crippen LogP) is 2.45. The number of hydrogen-bond acceptors (Lipinski definition) is 5. The minimum atomic E-state index is 0. The van der Waals surface area contributed by atoms with Gasteiger partial charge in [0.1, 0.15) is 5.75 Å². The number of methoxy groups -OCH3 is 2. The summed E-state index contributed by atoms with van der Waals surface area (Å²) in [5.41, 5.74) is 1.21. The second-order valence-corrected chi connectivity index (χ2v) is 6.37. The number of nitrogens with zero attached hydrogens (tertiary/aromatic N) is 3. The molecule has 1 heterocycles. The summed E-state index contributed by atoms with van der Waals surface area (Å²) < 4.78 is 15.8. The van der Waals surface area contributed by atoms with Crippen molar-refractivity contribution < 1.29 is 14.2 Å². The fourth-order valence-electron chi connectivity index (χ4n) is 3.01. The first-order valence-corrected chi connectivity index (χ1v) is 9.77. The lowest BCUT2D eigenvalue weighted by molar-refractivity contribution is 0.0702. The molecule has 1 fully saturated rings. The Bertz CT molecular complexity index is 566. The summed E-state index contributed by atoms with van der Waals surface area (Å²) in [7, 11) is 3.39. The number of ether oxygens (including phenoxy) is 3. The van der Waals surface area contributed by atoms with Gasteiger partial charge in [-0.3, -0.25) is 4.99 Å². The maximum Gasteiger partial charge on any atom is 0.194 e. The zero-order valence-corrected chi connectivity index (χ0v) is 19.7. The van der Waals surface area contributed by atoms with Crippen LogP contribution in [0, 0.1) is 0 Å². The Hall–Kier alpha value is -1.26. The third-order valence-electron chi connectivity index (χ3n) is 4.47. The smallest absolute Gasteiger partial charge is 0.194 e. The van der Waals surface area contributed by atoms with Gasteiger partial charge in [-0.25, -0.2) is 0 Å². The summed E-state index contributed by atoms with van der Waals surface area (Å²) in [6.45, 7) is 9.60. The number of piperazine rings is 1. The van der Waals surface area contributed by atoms with Gasteiger partial charge in [-0.15, -0.1) is 24.0 Å². The van der Waals surface area contributed by atoms with Crippen LogP contribution in [0.15, 0.2) is 29.3 Å². The zero-order chi connectivity index (χ0) is 19.3. The van der Waals surface area contributed by atoms with Gasteiger partial charge in [0.15, 0.2) is 5.96 Å². The Morgan fingerprint density at radius 1 is 1.11 bits per heavy atom. The number of halogens is 1. The van der Waals surface area contributed by atoms with Crippen molar-refractivity contribution in [2.75, 3.05) is 78.2 Å². The molecule has 1 aliphatic rings. The molecular weight excluding hydrogens is 471 g/mol. The topological polar surface area (TPSA) is 58.6 Å². The molecule has 1 saturated heterocycles. The summed E-state index contributed by atoms with van der Waals surface area (Å²) in [6.07, 6.45) is 0.919. The van der Waals surface area contributed by atoms with Gasteiger partial charge in [0.25, 0.3) is 0 Å². The van der Waals surface area contributed by atoms with Crippen LogP contribution in [0.5, 0.6) is 5.75 Å². The molecule has 7 nitrogen and oxygen atoms in total. The van der Waals surface area contributed by atoms with E-state index in [1.807, 2.05) is 12.1 Å². The SMILES string of the molecule is CCNC(=NCCCOCCOC)N1CCN(c2cccc(OC)c2)CC1.I. The molecular formula is C20H35IN4O3. The minimum absolute atomic E-state index is 0. The maximum absolute atomic E-state index is 5.50. The molecule has 0 unspecified atom stereocenters. The molecule has 0 saturated carbocycles. The van der Waals surface area contributed by atoms with E-state index in [1.165, 1.54) is 5.69 Å². The Balaban J connectivity index is 0.00000392. The van der Waals surface area contributed by atoms with E-state index in [1.54, 1.807) is 14.2 Å². The average Bonchev–Trinajstić information content (AvgIpc) is 2.72. The molecule has 0 aromatic heterocycles. The largest absolute Gasteiger partial charge is 0.497 e. The second-order valence-electron chi connectivity index (χ2n) is 6.37. The summed E-state index contributed by atoms with van der Waals surface area (Å²) in [5.74, 6) is 1.90. The van der Waals surface area contributed by atoms with Crippen molar-refractivity contribution in [3.63, 3.8) is 0 Å². The highest BCUT2D eigenvalue weighted by Crippen LogP contribution is 2.22. The van der Waals surface area contributed by atoms with E-state index in [2.05, 4.69) is 34.2 Å². The van der Waals surface area contributed by atoms with Gasteiger partial charge in [0.05, 0.1) is 20.3 Å². The third-order valence-corrected chi connectivity index (χ3v) is 4.47. The molecule has 0 atom stereocenters. The summed E-state index contributed by atoms with van der Waals surface area (Å²) >= 11 is 0. The van der Waals surface area contributed by atoms with Gasteiger partial charge in [-0.1, -0.05) is 6.07 Å². The molecule has 1 aliphatic heterocycles. The molecule has 0 aliphatic carbocycles. The average molecular weight is 506 g/mol. The molecule has 0 radical (unpaired) electrons. The lowest BCUT2D eigenvalue weighted by atomic mass is 10.2. The number of hydrogen-bond donors (Lipinski definition) is 1. The normalized spacial score (nSPS) is 14.6. The fourth-order valence-corrected chi connectivity index (χ4v) is 3.01. The Morgan fingerprint density at radius 2 is 1.89 bits per heavy atom. The molecule has 8 heteroatoms. The number of anilines is 1. The summed E-state index contributed by atoms with van der Waals surface area (Å²) in [4.78, 5) is 9.50. The van der Waals surface area contributed by atoms with Crippen molar-refractivity contribution in [3.05, 3.63) is 24.3 Å². The standard InChI is InChI=1S/C20H34N4O3.HI/c1-4-21-20(22-9-6-14-27-16-15-25-2)24-12-10-23(11-13-24)18-7-5-8-19(17-18)26-3;/h5,7-8,17H,4,6,9-16H2,1-3H3,(H,21,22);1H. The number of benzene rings is 1. The van der Waals surface area contributed by atoms with Crippen LogP contribution in [-0.4, -0.2) is 84.2 Å². The van der Waals surface area contributed by atoms with Gasteiger partial charge in [0, 0.05) is 64.7 Å². The van der Waals surface area contributed by atoms with E-state index < -0.39 is 0 Å². The predicted molar refractivity (Wildman–Crippen MR) is 125 cm³/mol. The van der Waals surface area contributed by atoms with Crippen molar-refractivity contribution in [2.45, 2.75) is 13.3 Å². The van der Waals surface area contributed by atoms with Gasteiger partial charge >= 0.3 is 0 Å². The van der Waals surface area contributed by atoms with E-state index in [0.717, 1.165) is 64.0 Å². The van der Waals surface area contributed by atoms with E-state index >= 15 is 0 Å². The quantitative estimate of drug-likeness (QED) is 0.228. The van der Waals surface area contributed by atoms with Crippen LogP contribution in [0.2, 0.25) is 0 Å². The first kappa shape index (κ1) is 24.8. The Labute approximate surface area is 186 Å². The lowest BCUT2D eigenvalue weighted by Gasteiger charge is -2.37. The molecule has 1 aromatic carbocycles. The summed E-state index contributed by atoms with van der Waals surface area (Å²) in [5, 5.41) is 3.41. The first-order chi connectivity index (χ1) is 13.3. The van der Waals surface area contributed by atoms with Crippen molar-refractivity contribution in [1.82, 2.24) is 10.2 Å². The van der Waals surface area contributed by atoms with Crippen LogP contribution >= 0.6 is 24.0 Å². The van der Waals surface area contributed by atoms with Gasteiger partial charge < -0.3 is 29.3 Å². The Kier molecular flexibility index (Phi) is 13.0. The van der Waals surface area contributed by atoms with Crippen molar-refractivity contribution in [1.29, 1.82) is 0 Å². The molecule has 0 spiro atoms. The molecule has 1 aromatic rings. The number of nitrogens with one attached hydrogen (secondary N) is 1. The highest BCUT2D eigenvalue weighted by atomic mass is 127. The molecule has 160 valence electrons. The van der Waals surface area contributed by atoms with Crippen LogP contribution in [0.4, 0.5) is 5.69 Å². The molecule has 28 heavy (non-hydrogen) atoms. The van der Waals surface area contributed by atoms with Crippen LogP contribution in [-0.2, 0) is 9.47 Å². The zero-order valence-electron chi connectivity index (χ0n) is 17.4. The minimum Gasteiger partial charge on any atom is -0.497 e. The fraction of sp³-hybridized carbons (Fsp3) is 0.650. The van der Waals surface area contributed by atoms with E-state index in [-0.39, 0.29) is 24.0 Å². The van der Waals surface area contributed by atoms with Crippen molar-refractivity contribution >= 4 is 35.6 Å². The highest BCUT2D eigenvalue weighted by Gasteiger charge is 2.20. The number of aliphatic imine (C=N–C) groups is 1. The maximum atomic E-state index is 5.50. The lowest BCUT2D eigenvalue weighted by Crippen LogP contribution is -2.52. The van der Waals surface area contributed by atoms with Crippen LogP contribution in [0.1, 0.15) is 13.3 Å². The monoisotopic (exact) mass is 506 g/mol. The number of rotatable bonds is 10. The summed E-state index contributed by atoms with van der Waals surface area (Å²) in [6, 6.07) is 8.26. The molecule has 0 bridgehead atoms. The third kappa shape index (κ3) is 8.40. The Morgan fingerprint density at radius 3 is 2.57 bits per heavy atom.